The smallest absolute Gasteiger partial charge is 0.255 e. The molecule has 0 fully saturated rings. The molecule has 6 heteroatoms. The Morgan fingerprint density at radius 1 is 0.621 bits per heavy atom. The van der Waals surface area contributed by atoms with Crippen LogP contribution in [0.3, 0.4) is 0 Å². The van der Waals surface area contributed by atoms with Crippen LogP contribution in [0.5, 0.6) is 0 Å². The minimum atomic E-state index is -0.310. The summed E-state index contributed by atoms with van der Waals surface area (Å²) in [6, 6.07) is 20.8. The van der Waals surface area contributed by atoms with Gasteiger partial charge in [0, 0.05) is 35.1 Å². The Bertz CT molecular complexity index is 1060. The average Bonchev–Trinajstić information content (AvgIpc) is 2.68. The van der Waals surface area contributed by atoms with Crippen LogP contribution in [0.1, 0.15) is 33.2 Å². The van der Waals surface area contributed by atoms with E-state index >= 15 is 0 Å². The van der Waals surface area contributed by atoms with Gasteiger partial charge >= 0.3 is 0 Å². The first-order valence-electron chi connectivity index (χ1n) is 9.08. The van der Waals surface area contributed by atoms with Crippen LogP contribution in [0.25, 0.3) is 0 Å². The Balaban J connectivity index is 1.65. The first kappa shape index (κ1) is 19.8. The van der Waals surface area contributed by atoms with Crippen LogP contribution in [-0.2, 0) is 4.79 Å². The summed E-state index contributed by atoms with van der Waals surface area (Å²) >= 11 is 0. The molecule has 29 heavy (non-hydrogen) atoms. The van der Waals surface area contributed by atoms with Gasteiger partial charge < -0.3 is 16.0 Å². The van der Waals surface area contributed by atoms with E-state index in [2.05, 4.69) is 16.0 Å². The van der Waals surface area contributed by atoms with Crippen molar-refractivity contribution in [2.45, 2.75) is 13.8 Å². The highest BCUT2D eigenvalue weighted by Crippen LogP contribution is 2.17. The summed E-state index contributed by atoms with van der Waals surface area (Å²) < 4.78 is 0. The number of hydrogen-bond donors (Lipinski definition) is 3. The van der Waals surface area contributed by atoms with Crippen LogP contribution in [-0.4, -0.2) is 17.7 Å². The predicted octanol–water partition coefficient (Wildman–Crippen LogP) is 4.46. The molecule has 3 N–H and O–H groups in total. The molecule has 0 radical (unpaired) electrons. The lowest BCUT2D eigenvalue weighted by molar-refractivity contribution is -0.114. The zero-order valence-corrected chi connectivity index (χ0v) is 16.2. The highest BCUT2D eigenvalue weighted by atomic mass is 16.2. The first-order valence-corrected chi connectivity index (χ1v) is 9.08. The zero-order chi connectivity index (χ0) is 20.8. The molecule has 146 valence electrons. The van der Waals surface area contributed by atoms with E-state index in [-0.39, 0.29) is 17.7 Å². The van der Waals surface area contributed by atoms with Gasteiger partial charge in [0.05, 0.1) is 0 Å². The van der Waals surface area contributed by atoms with Gasteiger partial charge in [-0.25, -0.2) is 0 Å². The van der Waals surface area contributed by atoms with Gasteiger partial charge in [-0.15, -0.1) is 0 Å². The Labute approximate surface area is 169 Å². The number of amides is 3. The molecule has 3 aromatic rings. The van der Waals surface area contributed by atoms with Gasteiger partial charge in [-0.05, 0) is 67.1 Å². The molecule has 0 unspecified atom stereocenters. The standard InChI is InChI=1S/C23H21N3O3/c1-15-5-3-6-19(13-15)25-22(28)17-9-11-18(12-10-17)23(29)26-21-8-4-7-20(14-21)24-16(2)27/h3-14H,1-2H3,(H,24,27)(H,25,28)(H,26,29). The summed E-state index contributed by atoms with van der Waals surface area (Å²) in [6.07, 6.45) is 0. The van der Waals surface area contributed by atoms with Gasteiger partial charge in [-0.3, -0.25) is 14.4 Å². The highest BCUT2D eigenvalue weighted by molar-refractivity contribution is 6.07. The van der Waals surface area contributed by atoms with Crippen molar-refractivity contribution in [2.75, 3.05) is 16.0 Å². The van der Waals surface area contributed by atoms with E-state index in [0.29, 0.717) is 22.5 Å². The summed E-state index contributed by atoms with van der Waals surface area (Å²) in [6.45, 7) is 3.37. The maximum atomic E-state index is 12.5. The first-order chi connectivity index (χ1) is 13.9. The third kappa shape index (κ3) is 5.52. The summed E-state index contributed by atoms with van der Waals surface area (Å²) in [5, 5.41) is 8.28. The van der Waals surface area contributed by atoms with Crippen molar-refractivity contribution in [1.82, 2.24) is 0 Å². The van der Waals surface area contributed by atoms with Crippen LogP contribution >= 0.6 is 0 Å². The number of hydrogen-bond acceptors (Lipinski definition) is 3. The fourth-order valence-corrected chi connectivity index (χ4v) is 2.78. The third-order valence-corrected chi connectivity index (χ3v) is 4.13. The lowest BCUT2D eigenvalue weighted by atomic mass is 10.1. The van der Waals surface area contributed by atoms with Crippen molar-refractivity contribution < 1.29 is 14.4 Å². The quantitative estimate of drug-likeness (QED) is 0.604. The minimum Gasteiger partial charge on any atom is -0.326 e. The second-order valence-corrected chi connectivity index (χ2v) is 6.62. The molecule has 3 aromatic carbocycles. The lowest BCUT2D eigenvalue weighted by Gasteiger charge is -2.09. The van der Waals surface area contributed by atoms with Crippen LogP contribution in [0.4, 0.5) is 17.1 Å². The summed E-state index contributed by atoms with van der Waals surface area (Å²) in [5.74, 6) is -0.741. The minimum absolute atomic E-state index is 0.187. The molecule has 0 spiro atoms. The van der Waals surface area contributed by atoms with Crippen molar-refractivity contribution in [1.29, 1.82) is 0 Å². The molecule has 3 rings (SSSR count). The molecule has 0 bridgehead atoms. The van der Waals surface area contributed by atoms with E-state index < -0.39 is 0 Å². The van der Waals surface area contributed by atoms with E-state index in [1.54, 1.807) is 48.5 Å². The molecule has 0 aliphatic rings. The molecule has 0 saturated carbocycles. The fraction of sp³-hybridized carbons (Fsp3) is 0.0870. The van der Waals surface area contributed by atoms with Gasteiger partial charge in [-0.2, -0.15) is 0 Å². The molecule has 0 aromatic heterocycles. The van der Waals surface area contributed by atoms with Gasteiger partial charge in [0.15, 0.2) is 0 Å². The SMILES string of the molecule is CC(=O)Nc1cccc(NC(=O)c2ccc(C(=O)Nc3cccc(C)c3)cc2)c1. The van der Waals surface area contributed by atoms with E-state index in [9.17, 15) is 14.4 Å². The van der Waals surface area contributed by atoms with Gasteiger partial charge in [0.2, 0.25) is 5.91 Å². The number of benzene rings is 3. The number of carbonyl (C=O) groups excluding carboxylic acids is 3. The second kappa shape index (κ2) is 8.84. The van der Waals surface area contributed by atoms with Crippen molar-refractivity contribution in [3.63, 3.8) is 0 Å². The maximum Gasteiger partial charge on any atom is 0.255 e. The van der Waals surface area contributed by atoms with Gasteiger partial charge in [0.25, 0.3) is 11.8 Å². The number of carbonyl (C=O) groups is 3. The average molecular weight is 387 g/mol. The molecular weight excluding hydrogens is 366 g/mol. The number of aryl methyl sites for hydroxylation is 1. The van der Waals surface area contributed by atoms with Crippen LogP contribution in [0.2, 0.25) is 0 Å². The Morgan fingerprint density at radius 3 is 1.55 bits per heavy atom. The lowest BCUT2D eigenvalue weighted by Crippen LogP contribution is -2.14. The Hall–Kier alpha value is -3.93. The van der Waals surface area contributed by atoms with Crippen molar-refractivity contribution in [3.8, 4) is 0 Å². The summed E-state index contributed by atoms with van der Waals surface area (Å²) in [7, 11) is 0. The van der Waals surface area contributed by atoms with E-state index in [1.165, 1.54) is 6.92 Å². The van der Waals surface area contributed by atoms with Gasteiger partial charge in [-0.1, -0.05) is 18.2 Å². The summed E-state index contributed by atoms with van der Waals surface area (Å²) in [5.41, 5.74) is 3.80. The number of anilines is 3. The fourth-order valence-electron chi connectivity index (χ4n) is 2.78. The van der Waals surface area contributed by atoms with Crippen molar-refractivity contribution >= 4 is 34.8 Å². The maximum absolute atomic E-state index is 12.5. The van der Waals surface area contributed by atoms with E-state index in [4.69, 9.17) is 0 Å². The molecule has 0 aliphatic heterocycles. The number of nitrogens with one attached hydrogen (secondary N) is 3. The van der Waals surface area contributed by atoms with Crippen LogP contribution in [0, 0.1) is 6.92 Å². The van der Waals surface area contributed by atoms with E-state index in [0.717, 1.165) is 11.3 Å². The van der Waals surface area contributed by atoms with Crippen molar-refractivity contribution in [2.24, 2.45) is 0 Å². The molecular formula is C23H21N3O3. The normalized spacial score (nSPS) is 10.1. The molecule has 0 aliphatic carbocycles. The Morgan fingerprint density at radius 2 is 1.07 bits per heavy atom. The zero-order valence-electron chi connectivity index (χ0n) is 16.2. The van der Waals surface area contributed by atoms with Crippen LogP contribution < -0.4 is 16.0 Å². The monoisotopic (exact) mass is 387 g/mol. The van der Waals surface area contributed by atoms with E-state index in [1.807, 2.05) is 31.2 Å². The Kier molecular flexibility index (Phi) is 6.04. The topological polar surface area (TPSA) is 87.3 Å². The molecule has 3 amide bonds. The highest BCUT2D eigenvalue weighted by Gasteiger charge is 2.10. The predicted molar refractivity (Wildman–Crippen MR) is 114 cm³/mol. The second-order valence-electron chi connectivity index (χ2n) is 6.62. The molecule has 0 saturated heterocycles. The third-order valence-electron chi connectivity index (χ3n) is 4.13. The van der Waals surface area contributed by atoms with Crippen molar-refractivity contribution in [3.05, 3.63) is 89.5 Å². The number of rotatable bonds is 5. The van der Waals surface area contributed by atoms with Crippen LogP contribution in [0.15, 0.2) is 72.8 Å². The summed E-state index contributed by atoms with van der Waals surface area (Å²) in [4.78, 5) is 36.0. The van der Waals surface area contributed by atoms with Gasteiger partial charge in [0.1, 0.15) is 0 Å². The molecule has 6 nitrogen and oxygen atoms in total. The molecule has 0 heterocycles. The molecule has 0 atom stereocenters. The largest absolute Gasteiger partial charge is 0.326 e.